The van der Waals surface area contributed by atoms with Gasteiger partial charge < -0.3 is 5.32 Å². The second-order valence-electron chi connectivity index (χ2n) is 1.93. The zero-order valence-electron chi connectivity index (χ0n) is 6.20. The van der Waals surface area contributed by atoms with Crippen molar-refractivity contribution in [3.05, 3.63) is 18.1 Å². The fourth-order valence-corrected chi connectivity index (χ4v) is 0.686. The molecule has 1 aromatic rings. The van der Waals surface area contributed by atoms with Crippen LogP contribution in [0, 0.1) is 11.3 Å². The van der Waals surface area contributed by atoms with Gasteiger partial charge >= 0.3 is 0 Å². The molecule has 0 radical (unpaired) electrons. The average Bonchev–Trinajstić information content (AvgIpc) is 2.06. The van der Waals surface area contributed by atoms with Crippen LogP contribution in [0.5, 0.6) is 0 Å². The first-order valence-electron chi connectivity index (χ1n) is 3.33. The molecule has 0 aliphatic heterocycles. The van der Waals surface area contributed by atoms with E-state index in [2.05, 4.69) is 15.3 Å². The van der Waals surface area contributed by atoms with Crippen LogP contribution >= 0.6 is 0 Å². The minimum atomic E-state index is 0.337. The standard InChI is InChI=1S/C7H8N4/c1-2-10-7-5-9-4-6(3-8)11-7/h4-5H,2H2,1H3,(H,10,11). The van der Waals surface area contributed by atoms with Crippen LogP contribution in [-0.2, 0) is 0 Å². The van der Waals surface area contributed by atoms with Gasteiger partial charge in [-0.15, -0.1) is 0 Å². The van der Waals surface area contributed by atoms with Crippen LogP contribution < -0.4 is 5.32 Å². The summed E-state index contributed by atoms with van der Waals surface area (Å²) in [5.74, 6) is 0.645. The minimum absolute atomic E-state index is 0.337. The average molecular weight is 148 g/mol. The highest BCUT2D eigenvalue weighted by atomic mass is 15.0. The van der Waals surface area contributed by atoms with Crippen LogP contribution in [-0.4, -0.2) is 16.5 Å². The van der Waals surface area contributed by atoms with Crippen LogP contribution in [0.2, 0.25) is 0 Å². The van der Waals surface area contributed by atoms with E-state index < -0.39 is 0 Å². The number of hydrogen-bond donors (Lipinski definition) is 1. The Bertz CT molecular complexity index is 276. The van der Waals surface area contributed by atoms with Crippen molar-refractivity contribution in [2.45, 2.75) is 6.92 Å². The lowest BCUT2D eigenvalue weighted by atomic mass is 10.5. The molecule has 1 rings (SSSR count). The first-order valence-corrected chi connectivity index (χ1v) is 3.33. The number of aromatic nitrogens is 2. The van der Waals surface area contributed by atoms with Crippen LogP contribution in [0.1, 0.15) is 12.6 Å². The van der Waals surface area contributed by atoms with Gasteiger partial charge in [-0.05, 0) is 6.92 Å². The molecule has 1 aromatic heterocycles. The SMILES string of the molecule is CCNc1cncc(C#N)n1. The molecule has 0 amide bonds. The highest BCUT2D eigenvalue weighted by molar-refractivity contribution is 5.34. The summed E-state index contributed by atoms with van der Waals surface area (Å²) in [5.41, 5.74) is 0.337. The Hall–Kier alpha value is -1.63. The molecule has 56 valence electrons. The second kappa shape index (κ2) is 3.52. The number of rotatable bonds is 2. The molecule has 0 saturated carbocycles. The molecule has 0 spiro atoms. The molecule has 0 atom stereocenters. The van der Waals surface area contributed by atoms with E-state index in [1.54, 1.807) is 6.20 Å². The molecule has 0 aliphatic rings. The molecule has 0 fully saturated rings. The van der Waals surface area contributed by atoms with Crippen molar-refractivity contribution in [1.29, 1.82) is 5.26 Å². The summed E-state index contributed by atoms with van der Waals surface area (Å²) < 4.78 is 0. The Labute approximate surface area is 64.9 Å². The molecule has 0 unspecified atom stereocenters. The molecule has 4 heteroatoms. The molecule has 1 heterocycles. The summed E-state index contributed by atoms with van der Waals surface area (Å²) in [6.07, 6.45) is 3.02. The van der Waals surface area contributed by atoms with Crippen molar-refractivity contribution in [3.8, 4) is 6.07 Å². The number of nitrogens with zero attached hydrogens (tertiary/aromatic N) is 3. The van der Waals surface area contributed by atoms with Crippen molar-refractivity contribution in [1.82, 2.24) is 9.97 Å². The predicted octanol–water partition coefficient (Wildman–Crippen LogP) is 0.780. The van der Waals surface area contributed by atoms with E-state index in [0.717, 1.165) is 6.54 Å². The summed E-state index contributed by atoms with van der Waals surface area (Å²) in [5, 5.41) is 11.4. The molecular formula is C7H8N4. The van der Waals surface area contributed by atoms with Gasteiger partial charge in [-0.25, -0.2) is 4.98 Å². The van der Waals surface area contributed by atoms with E-state index in [4.69, 9.17) is 5.26 Å². The maximum absolute atomic E-state index is 8.45. The van der Waals surface area contributed by atoms with Gasteiger partial charge in [0.1, 0.15) is 11.9 Å². The number of anilines is 1. The van der Waals surface area contributed by atoms with E-state index in [-0.39, 0.29) is 0 Å². The van der Waals surface area contributed by atoms with Gasteiger partial charge in [-0.3, -0.25) is 4.98 Å². The normalized spacial score (nSPS) is 8.73. The van der Waals surface area contributed by atoms with Gasteiger partial charge in [0.25, 0.3) is 0 Å². The van der Waals surface area contributed by atoms with Crippen LogP contribution in [0.15, 0.2) is 12.4 Å². The zero-order valence-corrected chi connectivity index (χ0v) is 6.20. The van der Waals surface area contributed by atoms with E-state index >= 15 is 0 Å². The Morgan fingerprint density at radius 2 is 2.45 bits per heavy atom. The van der Waals surface area contributed by atoms with Crippen molar-refractivity contribution >= 4 is 5.82 Å². The number of nitriles is 1. The van der Waals surface area contributed by atoms with Crippen molar-refractivity contribution in [3.63, 3.8) is 0 Å². The largest absolute Gasteiger partial charge is 0.369 e. The van der Waals surface area contributed by atoms with Gasteiger partial charge in [0.2, 0.25) is 0 Å². The number of hydrogen-bond acceptors (Lipinski definition) is 4. The van der Waals surface area contributed by atoms with E-state index in [9.17, 15) is 0 Å². The topological polar surface area (TPSA) is 61.6 Å². The Kier molecular flexibility index (Phi) is 2.39. The fourth-order valence-electron chi connectivity index (χ4n) is 0.686. The Morgan fingerprint density at radius 1 is 1.64 bits per heavy atom. The summed E-state index contributed by atoms with van der Waals surface area (Å²) in [6, 6.07) is 1.91. The smallest absolute Gasteiger partial charge is 0.161 e. The Balaban J connectivity index is 2.85. The van der Waals surface area contributed by atoms with Crippen molar-refractivity contribution < 1.29 is 0 Å². The van der Waals surface area contributed by atoms with Gasteiger partial charge in [0, 0.05) is 6.54 Å². The highest BCUT2D eigenvalue weighted by Crippen LogP contribution is 1.99. The second-order valence-corrected chi connectivity index (χ2v) is 1.93. The van der Waals surface area contributed by atoms with Gasteiger partial charge in [-0.2, -0.15) is 5.26 Å². The summed E-state index contributed by atoms with van der Waals surface area (Å²) >= 11 is 0. The third-order valence-electron chi connectivity index (χ3n) is 1.11. The molecule has 0 bridgehead atoms. The quantitative estimate of drug-likeness (QED) is 0.673. The van der Waals surface area contributed by atoms with Crippen LogP contribution in [0.4, 0.5) is 5.82 Å². The number of nitrogens with one attached hydrogen (secondary N) is 1. The van der Waals surface area contributed by atoms with E-state index in [0.29, 0.717) is 11.5 Å². The van der Waals surface area contributed by atoms with E-state index in [1.807, 2.05) is 13.0 Å². The first-order chi connectivity index (χ1) is 5.36. The summed E-state index contributed by atoms with van der Waals surface area (Å²) in [7, 11) is 0. The van der Waals surface area contributed by atoms with Gasteiger partial charge in [0.05, 0.1) is 12.4 Å². The third-order valence-corrected chi connectivity index (χ3v) is 1.11. The summed E-state index contributed by atoms with van der Waals surface area (Å²) in [6.45, 7) is 2.74. The molecule has 0 aromatic carbocycles. The van der Waals surface area contributed by atoms with Crippen molar-refractivity contribution in [2.75, 3.05) is 11.9 Å². The Morgan fingerprint density at radius 3 is 3.09 bits per heavy atom. The highest BCUT2D eigenvalue weighted by Gasteiger charge is 1.93. The maximum Gasteiger partial charge on any atom is 0.161 e. The first kappa shape index (κ1) is 7.48. The van der Waals surface area contributed by atoms with Gasteiger partial charge in [-0.1, -0.05) is 0 Å². The monoisotopic (exact) mass is 148 g/mol. The predicted molar refractivity (Wildman–Crippen MR) is 40.9 cm³/mol. The van der Waals surface area contributed by atoms with Crippen LogP contribution in [0.3, 0.4) is 0 Å². The molecule has 1 N–H and O–H groups in total. The molecule has 0 aliphatic carbocycles. The lowest BCUT2D eigenvalue weighted by molar-refractivity contribution is 1.10. The minimum Gasteiger partial charge on any atom is -0.369 e. The van der Waals surface area contributed by atoms with Gasteiger partial charge in [0.15, 0.2) is 5.69 Å². The molecule has 11 heavy (non-hydrogen) atoms. The van der Waals surface area contributed by atoms with Crippen LogP contribution in [0.25, 0.3) is 0 Å². The lowest BCUT2D eigenvalue weighted by Crippen LogP contribution is -2.00. The molecule has 0 saturated heterocycles. The summed E-state index contributed by atoms with van der Waals surface area (Å²) in [4.78, 5) is 7.77. The fraction of sp³-hybridized carbons (Fsp3) is 0.286. The third kappa shape index (κ3) is 1.90. The van der Waals surface area contributed by atoms with E-state index in [1.165, 1.54) is 6.20 Å². The molecular weight excluding hydrogens is 140 g/mol. The lowest BCUT2D eigenvalue weighted by Gasteiger charge is -1.98. The zero-order chi connectivity index (χ0) is 8.10. The maximum atomic E-state index is 8.45. The molecule has 4 nitrogen and oxygen atoms in total. The van der Waals surface area contributed by atoms with Crippen molar-refractivity contribution in [2.24, 2.45) is 0 Å².